The average molecular weight is 480 g/mol. The first-order valence-corrected chi connectivity index (χ1v) is 13.3. The van der Waals surface area contributed by atoms with Crippen molar-refractivity contribution in [3.63, 3.8) is 0 Å². The predicted octanol–water partition coefficient (Wildman–Crippen LogP) is 1.74. The number of benzene rings is 2. The van der Waals surface area contributed by atoms with Crippen molar-refractivity contribution in [3.8, 4) is 0 Å². The number of hydrogen-bond donors (Lipinski definition) is 1. The maximum Gasteiger partial charge on any atom is 0.255 e. The van der Waals surface area contributed by atoms with Gasteiger partial charge in [-0.15, -0.1) is 0 Å². The van der Waals surface area contributed by atoms with Crippen LogP contribution in [0.1, 0.15) is 23.2 Å². The van der Waals surface area contributed by atoms with Crippen molar-refractivity contribution in [1.29, 1.82) is 0 Å². The number of carbonyl (C=O) groups excluding carboxylic acids is 1. The van der Waals surface area contributed by atoms with Gasteiger partial charge in [-0.2, -0.15) is 8.61 Å². The Balaban J connectivity index is 1.42. The summed E-state index contributed by atoms with van der Waals surface area (Å²) in [5.41, 5.74) is 0.736. The summed E-state index contributed by atoms with van der Waals surface area (Å²) in [7, 11) is -7.14. The molecule has 2 saturated heterocycles. The Labute approximate surface area is 188 Å². The lowest BCUT2D eigenvalue weighted by Gasteiger charge is -2.26. The number of rotatable bonds is 6. The van der Waals surface area contributed by atoms with Crippen LogP contribution in [-0.4, -0.2) is 70.7 Å². The molecule has 2 aliphatic heterocycles. The van der Waals surface area contributed by atoms with Crippen molar-refractivity contribution in [2.45, 2.75) is 22.6 Å². The number of anilines is 1. The molecule has 2 heterocycles. The third kappa shape index (κ3) is 4.71. The summed E-state index contributed by atoms with van der Waals surface area (Å²) in [6.45, 7) is 2.38. The Morgan fingerprint density at radius 3 is 1.72 bits per heavy atom. The van der Waals surface area contributed by atoms with E-state index >= 15 is 0 Å². The first kappa shape index (κ1) is 22.9. The highest BCUT2D eigenvalue weighted by Crippen LogP contribution is 2.22. The lowest BCUT2D eigenvalue weighted by molar-refractivity contribution is 0.0730. The molecule has 2 fully saturated rings. The second-order valence-corrected chi connectivity index (χ2v) is 11.5. The number of amides is 1. The van der Waals surface area contributed by atoms with Gasteiger partial charge < -0.3 is 10.1 Å². The number of hydrogen-bond acceptors (Lipinski definition) is 6. The standard InChI is InChI=1S/C21H25N3O6S2/c25-21(17-3-7-19(8-4-17)31(26,27)23-11-1-2-12-23)22-18-5-9-20(10-6-18)32(28,29)24-13-15-30-16-14-24/h3-10H,1-2,11-16H2,(H,22,25). The van der Waals surface area contributed by atoms with Crippen LogP contribution in [0.15, 0.2) is 58.3 Å². The maximum atomic E-state index is 12.7. The molecule has 172 valence electrons. The predicted molar refractivity (Wildman–Crippen MR) is 118 cm³/mol. The second kappa shape index (κ2) is 9.28. The summed E-state index contributed by atoms with van der Waals surface area (Å²) in [6, 6.07) is 11.7. The van der Waals surface area contributed by atoms with E-state index in [4.69, 9.17) is 4.74 Å². The summed E-state index contributed by atoms with van der Waals surface area (Å²) in [5.74, 6) is -0.418. The molecule has 2 aromatic carbocycles. The molecule has 2 aromatic rings. The Morgan fingerprint density at radius 1 is 0.719 bits per heavy atom. The number of nitrogens with zero attached hydrogens (tertiary/aromatic N) is 2. The van der Waals surface area contributed by atoms with Gasteiger partial charge in [0.25, 0.3) is 5.91 Å². The van der Waals surface area contributed by atoms with E-state index < -0.39 is 26.0 Å². The van der Waals surface area contributed by atoms with Gasteiger partial charge in [-0.3, -0.25) is 4.79 Å². The molecular formula is C21H25N3O6S2. The maximum absolute atomic E-state index is 12.7. The molecule has 1 N–H and O–H groups in total. The van der Waals surface area contributed by atoms with Crippen LogP contribution in [0.5, 0.6) is 0 Å². The van der Waals surface area contributed by atoms with Gasteiger partial charge in [0.15, 0.2) is 0 Å². The van der Waals surface area contributed by atoms with Crippen molar-refractivity contribution < 1.29 is 26.4 Å². The molecule has 4 rings (SSSR count). The Hall–Kier alpha value is -2.31. The molecule has 11 heteroatoms. The Bertz CT molecular complexity index is 1170. The lowest BCUT2D eigenvalue weighted by atomic mass is 10.2. The number of morpholine rings is 1. The molecule has 0 saturated carbocycles. The molecule has 0 atom stereocenters. The zero-order chi connectivity index (χ0) is 22.8. The third-order valence-corrected chi connectivity index (χ3v) is 9.37. The van der Waals surface area contributed by atoms with Gasteiger partial charge >= 0.3 is 0 Å². The fourth-order valence-corrected chi connectivity index (χ4v) is 6.63. The fraction of sp³-hybridized carbons (Fsp3) is 0.381. The zero-order valence-electron chi connectivity index (χ0n) is 17.4. The van der Waals surface area contributed by atoms with E-state index in [1.165, 1.54) is 57.1 Å². The van der Waals surface area contributed by atoms with Crippen molar-refractivity contribution in [2.24, 2.45) is 0 Å². The SMILES string of the molecule is O=C(Nc1ccc(S(=O)(=O)N2CCOCC2)cc1)c1ccc(S(=O)(=O)N2CCCC2)cc1. The van der Waals surface area contributed by atoms with Crippen LogP contribution in [0.2, 0.25) is 0 Å². The normalized spacial score (nSPS) is 18.5. The van der Waals surface area contributed by atoms with E-state index in [-0.39, 0.29) is 9.79 Å². The lowest BCUT2D eigenvalue weighted by Crippen LogP contribution is -2.40. The van der Waals surface area contributed by atoms with Crippen LogP contribution in [0.3, 0.4) is 0 Å². The van der Waals surface area contributed by atoms with E-state index in [1.54, 1.807) is 0 Å². The Morgan fingerprint density at radius 2 is 1.19 bits per heavy atom. The van der Waals surface area contributed by atoms with Crippen molar-refractivity contribution in [2.75, 3.05) is 44.7 Å². The van der Waals surface area contributed by atoms with Gasteiger partial charge in [0.1, 0.15) is 0 Å². The van der Waals surface area contributed by atoms with Gasteiger partial charge in [-0.05, 0) is 61.4 Å². The van der Waals surface area contributed by atoms with E-state index in [2.05, 4.69) is 5.32 Å². The van der Waals surface area contributed by atoms with Gasteiger partial charge in [-0.25, -0.2) is 16.8 Å². The molecule has 9 nitrogen and oxygen atoms in total. The largest absolute Gasteiger partial charge is 0.379 e. The molecule has 0 spiro atoms. The average Bonchev–Trinajstić information content (AvgIpc) is 3.36. The number of carbonyl (C=O) groups is 1. The summed E-state index contributed by atoms with van der Waals surface area (Å²) in [5, 5.41) is 2.70. The van der Waals surface area contributed by atoms with Gasteiger partial charge in [0.05, 0.1) is 23.0 Å². The smallest absolute Gasteiger partial charge is 0.255 e. The molecule has 0 unspecified atom stereocenters. The molecule has 0 bridgehead atoms. The highest BCUT2D eigenvalue weighted by molar-refractivity contribution is 7.89. The molecule has 0 radical (unpaired) electrons. The van der Waals surface area contributed by atoms with E-state index in [1.807, 2.05) is 0 Å². The summed E-state index contributed by atoms with van der Waals surface area (Å²) >= 11 is 0. The van der Waals surface area contributed by atoms with Crippen molar-refractivity contribution in [1.82, 2.24) is 8.61 Å². The third-order valence-electron chi connectivity index (χ3n) is 5.54. The topological polar surface area (TPSA) is 113 Å². The Kier molecular flexibility index (Phi) is 6.63. The second-order valence-electron chi connectivity index (χ2n) is 7.63. The highest BCUT2D eigenvalue weighted by Gasteiger charge is 2.28. The monoisotopic (exact) mass is 479 g/mol. The number of nitrogens with one attached hydrogen (secondary N) is 1. The van der Waals surface area contributed by atoms with Crippen molar-refractivity contribution >= 4 is 31.6 Å². The first-order chi connectivity index (χ1) is 15.3. The molecular weight excluding hydrogens is 454 g/mol. The van der Waals surface area contributed by atoms with E-state index in [0.29, 0.717) is 50.6 Å². The summed E-state index contributed by atoms with van der Waals surface area (Å²) < 4.78 is 58.6. The molecule has 2 aliphatic rings. The minimum Gasteiger partial charge on any atom is -0.379 e. The summed E-state index contributed by atoms with van der Waals surface area (Å²) in [4.78, 5) is 12.9. The zero-order valence-corrected chi connectivity index (χ0v) is 19.1. The molecule has 1 amide bonds. The quantitative estimate of drug-likeness (QED) is 0.675. The van der Waals surface area contributed by atoms with Crippen molar-refractivity contribution in [3.05, 3.63) is 54.1 Å². The van der Waals surface area contributed by atoms with Gasteiger partial charge in [0, 0.05) is 37.4 Å². The number of sulfonamides is 2. The van der Waals surface area contributed by atoms with Gasteiger partial charge in [0.2, 0.25) is 20.0 Å². The minimum atomic E-state index is -3.61. The minimum absolute atomic E-state index is 0.147. The summed E-state index contributed by atoms with van der Waals surface area (Å²) in [6.07, 6.45) is 1.71. The molecule has 0 aromatic heterocycles. The fourth-order valence-electron chi connectivity index (χ4n) is 3.71. The van der Waals surface area contributed by atoms with Crippen LogP contribution in [0, 0.1) is 0 Å². The molecule has 32 heavy (non-hydrogen) atoms. The van der Waals surface area contributed by atoms with Crippen LogP contribution >= 0.6 is 0 Å². The molecule has 0 aliphatic carbocycles. The first-order valence-electron chi connectivity index (χ1n) is 10.4. The van der Waals surface area contributed by atoms with Crippen LogP contribution in [-0.2, 0) is 24.8 Å². The van der Waals surface area contributed by atoms with Gasteiger partial charge in [-0.1, -0.05) is 0 Å². The van der Waals surface area contributed by atoms with E-state index in [0.717, 1.165) is 12.8 Å². The van der Waals surface area contributed by atoms with Crippen LogP contribution in [0.25, 0.3) is 0 Å². The highest BCUT2D eigenvalue weighted by atomic mass is 32.2. The van der Waals surface area contributed by atoms with E-state index in [9.17, 15) is 21.6 Å². The van der Waals surface area contributed by atoms with Crippen LogP contribution in [0.4, 0.5) is 5.69 Å². The number of ether oxygens (including phenoxy) is 1. The van der Waals surface area contributed by atoms with Crippen LogP contribution < -0.4 is 5.32 Å².